The van der Waals surface area contributed by atoms with Crippen LogP contribution in [0.4, 0.5) is 4.39 Å². The van der Waals surface area contributed by atoms with Gasteiger partial charge >= 0.3 is 0 Å². The van der Waals surface area contributed by atoms with Gasteiger partial charge in [0.05, 0.1) is 5.02 Å². The molecule has 0 aliphatic rings. The van der Waals surface area contributed by atoms with Crippen molar-refractivity contribution in [3.8, 4) is 5.75 Å². The van der Waals surface area contributed by atoms with Crippen LogP contribution in [-0.4, -0.2) is 7.05 Å². The van der Waals surface area contributed by atoms with Gasteiger partial charge in [0.1, 0.15) is 18.2 Å². The van der Waals surface area contributed by atoms with Crippen LogP contribution in [0.1, 0.15) is 11.1 Å². The number of ether oxygens (including phenoxy) is 1. The van der Waals surface area contributed by atoms with Gasteiger partial charge in [0.25, 0.3) is 0 Å². The van der Waals surface area contributed by atoms with Gasteiger partial charge in [-0.2, -0.15) is 0 Å². The van der Waals surface area contributed by atoms with Crippen molar-refractivity contribution in [2.75, 3.05) is 7.05 Å². The van der Waals surface area contributed by atoms with E-state index < -0.39 is 5.82 Å². The Kier molecular flexibility index (Phi) is 5.40. The highest BCUT2D eigenvalue weighted by molar-refractivity contribution is 9.10. The standard InChI is InChI=1S/C15H14BrClFNO/c1-19-8-11-7-12(16)5-6-14(11)20-9-10-3-2-4-13(18)15(10)17/h2-7,19H,8-9H2,1H3. The first-order valence-electron chi connectivity index (χ1n) is 6.10. The summed E-state index contributed by atoms with van der Waals surface area (Å²) in [5.74, 6) is 0.321. The van der Waals surface area contributed by atoms with E-state index in [1.54, 1.807) is 12.1 Å². The summed E-state index contributed by atoms with van der Waals surface area (Å²) >= 11 is 9.34. The predicted molar refractivity (Wildman–Crippen MR) is 82.6 cm³/mol. The summed E-state index contributed by atoms with van der Waals surface area (Å²) < 4.78 is 20.1. The summed E-state index contributed by atoms with van der Waals surface area (Å²) in [5, 5.41) is 3.19. The molecule has 0 spiro atoms. The molecule has 0 bridgehead atoms. The Morgan fingerprint density at radius 3 is 2.80 bits per heavy atom. The highest BCUT2D eigenvalue weighted by Gasteiger charge is 2.08. The van der Waals surface area contributed by atoms with Crippen molar-refractivity contribution in [3.63, 3.8) is 0 Å². The second kappa shape index (κ2) is 7.07. The average Bonchev–Trinajstić information content (AvgIpc) is 2.42. The maximum atomic E-state index is 13.4. The van der Waals surface area contributed by atoms with Gasteiger partial charge in [-0.05, 0) is 31.3 Å². The van der Waals surface area contributed by atoms with E-state index in [0.717, 1.165) is 15.8 Å². The van der Waals surface area contributed by atoms with Crippen LogP contribution in [0.3, 0.4) is 0 Å². The molecule has 0 aliphatic carbocycles. The first-order valence-corrected chi connectivity index (χ1v) is 7.27. The van der Waals surface area contributed by atoms with Crippen molar-refractivity contribution >= 4 is 27.5 Å². The van der Waals surface area contributed by atoms with E-state index >= 15 is 0 Å². The molecular formula is C15H14BrClFNO. The molecule has 2 rings (SSSR count). The lowest BCUT2D eigenvalue weighted by atomic mass is 10.2. The van der Waals surface area contributed by atoms with Gasteiger partial charge in [0, 0.05) is 22.1 Å². The maximum absolute atomic E-state index is 13.4. The Hall–Kier alpha value is -1.10. The molecule has 0 saturated heterocycles. The van der Waals surface area contributed by atoms with E-state index in [9.17, 15) is 4.39 Å². The molecule has 0 unspecified atom stereocenters. The van der Waals surface area contributed by atoms with Crippen LogP contribution in [0.25, 0.3) is 0 Å². The van der Waals surface area contributed by atoms with Crippen molar-refractivity contribution in [3.05, 3.63) is 62.8 Å². The molecule has 0 aromatic heterocycles. The molecule has 2 aromatic carbocycles. The fourth-order valence-electron chi connectivity index (χ4n) is 1.83. The van der Waals surface area contributed by atoms with Gasteiger partial charge in [0.2, 0.25) is 0 Å². The largest absolute Gasteiger partial charge is 0.489 e. The third kappa shape index (κ3) is 3.72. The van der Waals surface area contributed by atoms with Crippen molar-refractivity contribution in [2.24, 2.45) is 0 Å². The molecule has 0 amide bonds. The molecule has 1 N–H and O–H groups in total. The minimum atomic E-state index is -0.431. The van der Waals surface area contributed by atoms with Crippen LogP contribution in [0.2, 0.25) is 5.02 Å². The minimum absolute atomic E-state index is 0.111. The maximum Gasteiger partial charge on any atom is 0.142 e. The average molecular weight is 359 g/mol. The molecule has 0 aliphatic heterocycles. The van der Waals surface area contributed by atoms with E-state index in [1.165, 1.54) is 6.07 Å². The van der Waals surface area contributed by atoms with Crippen molar-refractivity contribution < 1.29 is 9.13 Å². The lowest BCUT2D eigenvalue weighted by Gasteiger charge is -2.13. The Morgan fingerprint density at radius 2 is 2.05 bits per heavy atom. The summed E-state index contributed by atoms with van der Waals surface area (Å²) in [5.41, 5.74) is 1.65. The van der Waals surface area contributed by atoms with Crippen LogP contribution in [-0.2, 0) is 13.2 Å². The molecule has 2 nitrogen and oxygen atoms in total. The Balaban J connectivity index is 2.16. The van der Waals surface area contributed by atoms with E-state index in [1.807, 2.05) is 25.2 Å². The number of halogens is 3. The molecule has 106 valence electrons. The molecule has 0 saturated carbocycles. The summed E-state index contributed by atoms with van der Waals surface area (Å²) in [7, 11) is 1.87. The smallest absolute Gasteiger partial charge is 0.142 e. The van der Waals surface area contributed by atoms with E-state index in [2.05, 4.69) is 21.2 Å². The molecular weight excluding hydrogens is 345 g/mol. The normalized spacial score (nSPS) is 10.6. The second-order valence-corrected chi connectivity index (χ2v) is 5.58. The Labute approximate surface area is 131 Å². The molecule has 20 heavy (non-hydrogen) atoms. The van der Waals surface area contributed by atoms with E-state index in [4.69, 9.17) is 16.3 Å². The van der Waals surface area contributed by atoms with Crippen LogP contribution < -0.4 is 10.1 Å². The number of hydrogen-bond donors (Lipinski definition) is 1. The van der Waals surface area contributed by atoms with Gasteiger partial charge in [0.15, 0.2) is 0 Å². The third-order valence-corrected chi connectivity index (χ3v) is 3.72. The predicted octanol–water partition coefficient (Wildman–Crippen LogP) is 4.54. The Morgan fingerprint density at radius 1 is 1.25 bits per heavy atom. The quantitative estimate of drug-likeness (QED) is 0.847. The second-order valence-electron chi connectivity index (χ2n) is 4.28. The zero-order valence-corrected chi connectivity index (χ0v) is 13.3. The minimum Gasteiger partial charge on any atom is -0.489 e. The molecule has 0 radical (unpaired) electrons. The number of hydrogen-bond acceptors (Lipinski definition) is 2. The SMILES string of the molecule is CNCc1cc(Br)ccc1OCc1cccc(F)c1Cl. The fourth-order valence-corrected chi connectivity index (χ4v) is 2.42. The summed E-state index contributed by atoms with van der Waals surface area (Å²) in [6.45, 7) is 0.917. The van der Waals surface area contributed by atoms with E-state index in [-0.39, 0.29) is 11.6 Å². The van der Waals surface area contributed by atoms with Crippen LogP contribution in [0, 0.1) is 5.82 Å². The van der Waals surface area contributed by atoms with Gasteiger partial charge < -0.3 is 10.1 Å². The van der Waals surface area contributed by atoms with Gasteiger partial charge in [-0.1, -0.05) is 39.7 Å². The lowest BCUT2D eigenvalue weighted by molar-refractivity contribution is 0.302. The number of rotatable bonds is 5. The summed E-state index contributed by atoms with van der Waals surface area (Å²) in [4.78, 5) is 0. The molecule has 0 atom stereocenters. The summed E-state index contributed by atoms with van der Waals surface area (Å²) in [6, 6.07) is 10.5. The zero-order valence-electron chi connectivity index (χ0n) is 10.9. The Bertz CT molecular complexity index is 606. The number of benzene rings is 2. The highest BCUT2D eigenvalue weighted by atomic mass is 79.9. The van der Waals surface area contributed by atoms with E-state index in [0.29, 0.717) is 12.1 Å². The number of nitrogens with one attached hydrogen (secondary N) is 1. The highest BCUT2D eigenvalue weighted by Crippen LogP contribution is 2.26. The van der Waals surface area contributed by atoms with Crippen molar-refractivity contribution in [1.82, 2.24) is 5.32 Å². The van der Waals surface area contributed by atoms with Gasteiger partial charge in [-0.3, -0.25) is 0 Å². The van der Waals surface area contributed by atoms with Crippen LogP contribution in [0.5, 0.6) is 5.75 Å². The third-order valence-electron chi connectivity index (χ3n) is 2.80. The monoisotopic (exact) mass is 357 g/mol. The first-order chi connectivity index (χ1) is 9.61. The lowest BCUT2D eigenvalue weighted by Crippen LogP contribution is -2.08. The zero-order chi connectivity index (χ0) is 14.5. The molecule has 5 heteroatoms. The van der Waals surface area contributed by atoms with Gasteiger partial charge in [-0.15, -0.1) is 0 Å². The summed E-state index contributed by atoms with van der Waals surface area (Å²) in [6.07, 6.45) is 0. The molecule has 2 aromatic rings. The molecule has 0 fully saturated rings. The van der Waals surface area contributed by atoms with Gasteiger partial charge in [-0.25, -0.2) is 4.39 Å². The topological polar surface area (TPSA) is 21.3 Å². The fraction of sp³-hybridized carbons (Fsp3) is 0.200. The first kappa shape index (κ1) is 15.3. The van der Waals surface area contributed by atoms with Crippen molar-refractivity contribution in [1.29, 1.82) is 0 Å². The molecule has 0 heterocycles. The van der Waals surface area contributed by atoms with Crippen LogP contribution in [0.15, 0.2) is 40.9 Å². The van der Waals surface area contributed by atoms with Crippen molar-refractivity contribution in [2.45, 2.75) is 13.2 Å². The van der Waals surface area contributed by atoms with Crippen LogP contribution >= 0.6 is 27.5 Å².